The molecule has 1 fully saturated rings. The molecule has 1 aliphatic carbocycles. The van der Waals surface area contributed by atoms with Gasteiger partial charge in [-0.1, -0.05) is 13.8 Å². The number of alkyl halides is 3. The maximum absolute atomic E-state index is 12.4. The highest BCUT2D eigenvalue weighted by Crippen LogP contribution is 2.45. The molecule has 78 valence electrons. The molecule has 2 atom stereocenters. The van der Waals surface area contributed by atoms with Crippen LogP contribution in [-0.2, 0) is 0 Å². The van der Waals surface area contributed by atoms with E-state index < -0.39 is 11.8 Å². The van der Waals surface area contributed by atoms with Crippen molar-refractivity contribution in [3.05, 3.63) is 0 Å². The smallest absolute Gasteiger partial charge is 0.380 e. The summed E-state index contributed by atoms with van der Waals surface area (Å²) in [5.74, 6) is -0.0919. The van der Waals surface area contributed by atoms with E-state index >= 15 is 0 Å². The average molecular weight is 196 g/mol. The Balaban J connectivity index is 2.78. The summed E-state index contributed by atoms with van der Waals surface area (Å²) in [6.07, 6.45) is -4.00. The largest absolute Gasteiger partial charge is 0.417 e. The zero-order valence-electron chi connectivity index (χ0n) is 7.86. The van der Waals surface area contributed by atoms with Gasteiger partial charge in [-0.05, 0) is 31.1 Å². The lowest BCUT2D eigenvalue weighted by Gasteiger charge is -2.39. The van der Waals surface area contributed by atoms with E-state index in [0.29, 0.717) is 0 Å². The van der Waals surface area contributed by atoms with Crippen LogP contribution >= 0.6 is 0 Å². The first-order valence-electron chi connectivity index (χ1n) is 4.54. The molecule has 0 radical (unpaired) electrons. The predicted octanol–water partition coefficient (Wildman–Crippen LogP) is 2.74. The average Bonchev–Trinajstić information content (AvgIpc) is 1.79. The Morgan fingerprint density at radius 3 is 1.85 bits per heavy atom. The molecule has 0 saturated heterocycles. The standard InChI is InChI=1S/C9H15F3O/c1-6-3-7(2)5-8(13,4-6)9(10,11)12/h6-7,13H,3-5H2,1-2H3. The Morgan fingerprint density at radius 2 is 1.54 bits per heavy atom. The van der Waals surface area contributed by atoms with Crippen LogP contribution in [0, 0.1) is 11.8 Å². The van der Waals surface area contributed by atoms with Crippen LogP contribution < -0.4 is 0 Å². The Kier molecular flexibility index (Phi) is 2.63. The van der Waals surface area contributed by atoms with E-state index in [1.165, 1.54) is 0 Å². The number of hydrogen-bond donors (Lipinski definition) is 1. The minimum Gasteiger partial charge on any atom is -0.380 e. The minimum atomic E-state index is -4.48. The first-order chi connectivity index (χ1) is 5.74. The number of aliphatic hydroxyl groups is 1. The predicted molar refractivity (Wildman–Crippen MR) is 43.2 cm³/mol. The molecule has 0 bridgehead atoms. The molecule has 1 N–H and O–H groups in total. The minimum absolute atomic E-state index is 0.0459. The van der Waals surface area contributed by atoms with E-state index in [4.69, 9.17) is 0 Å². The number of hydrogen-bond acceptors (Lipinski definition) is 1. The van der Waals surface area contributed by atoms with Gasteiger partial charge in [0.15, 0.2) is 5.60 Å². The van der Waals surface area contributed by atoms with Crippen LogP contribution in [-0.4, -0.2) is 16.9 Å². The molecule has 0 amide bonds. The van der Waals surface area contributed by atoms with Crippen molar-refractivity contribution >= 4 is 0 Å². The van der Waals surface area contributed by atoms with E-state index in [1.54, 1.807) is 13.8 Å². The summed E-state index contributed by atoms with van der Waals surface area (Å²) in [4.78, 5) is 0. The molecule has 2 unspecified atom stereocenters. The molecule has 1 saturated carbocycles. The molecule has 0 heterocycles. The molecule has 0 aromatic rings. The molecule has 0 aromatic heterocycles. The Bertz CT molecular complexity index is 178. The van der Waals surface area contributed by atoms with Crippen LogP contribution in [0.5, 0.6) is 0 Å². The van der Waals surface area contributed by atoms with E-state index in [9.17, 15) is 18.3 Å². The maximum atomic E-state index is 12.4. The molecule has 1 rings (SSSR count). The molecular formula is C9H15F3O. The third kappa shape index (κ3) is 2.16. The van der Waals surface area contributed by atoms with Gasteiger partial charge in [0, 0.05) is 0 Å². The topological polar surface area (TPSA) is 20.2 Å². The second-order valence-corrected chi connectivity index (χ2v) is 4.38. The summed E-state index contributed by atoms with van der Waals surface area (Å²) in [7, 11) is 0. The molecule has 0 aliphatic heterocycles. The van der Waals surface area contributed by atoms with Crippen LogP contribution in [0.3, 0.4) is 0 Å². The van der Waals surface area contributed by atoms with E-state index in [0.717, 1.165) is 6.42 Å². The summed E-state index contributed by atoms with van der Waals surface area (Å²) in [6, 6.07) is 0. The highest BCUT2D eigenvalue weighted by molar-refractivity contribution is 4.93. The third-order valence-electron chi connectivity index (χ3n) is 2.70. The van der Waals surface area contributed by atoms with E-state index in [2.05, 4.69) is 0 Å². The SMILES string of the molecule is CC1CC(C)CC(O)(C(F)(F)F)C1. The molecule has 0 aromatic carbocycles. The fourth-order valence-corrected chi connectivity index (χ4v) is 2.32. The van der Waals surface area contributed by atoms with Gasteiger partial charge in [0.25, 0.3) is 0 Å². The second kappa shape index (κ2) is 3.15. The molecule has 4 heteroatoms. The van der Waals surface area contributed by atoms with Crippen molar-refractivity contribution in [2.24, 2.45) is 11.8 Å². The lowest BCUT2D eigenvalue weighted by Crippen LogP contribution is -2.50. The summed E-state index contributed by atoms with van der Waals surface area (Å²) < 4.78 is 37.3. The third-order valence-corrected chi connectivity index (χ3v) is 2.70. The summed E-state index contributed by atoms with van der Waals surface area (Å²) in [5, 5.41) is 9.42. The van der Waals surface area contributed by atoms with Gasteiger partial charge in [0.1, 0.15) is 0 Å². The van der Waals surface area contributed by atoms with Crippen molar-refractivity contribution < 1.29 is 18.3 Å². The lowest BCUT2D eigenvalue weighted by atomic mass is 9.73. The monoisotopic (exact) mass is 196 g/mol. The molecule has 1 aliphatic rings. The fourth-order valence-electron chi connectivity index (χ4n) is 2.32. The summed E-state index contributed by atoms with van der Waals surface area (Å²) in [6.45, 7) is 3.51. The zero-order valence-corrected chi connectivity index (χ0v) is 7.86. The highest BCUT2D eigenvalue weighted by atomic mass is 19.4. The quantitative estimate of drug-likeness (QED) is 0.631. The van der Waals surface area contributed by atoms with Crippen LogP contribution in [0.4, 0.5) is 13.2 Å². The van der Waals surface area contributed by atoms with Gasteiger partial charge in [-0.25, -0.2) is 0 Å². The van der Waals surface area contributed by atoms with Crippen LogP contribution in [0.15, 0.2) is 0 Å². The molecule has 13 heavy (non-hydrogen) atoms. The molecule has 0 spiro atoms. The van der Waals surface area contributed by atoms with Crippen LogP contribution in [0.1, 0.15) is 33.1 Å². The maximum Gasteiger partial charge on any atom is 0.417 e. The fraction of sp³-hybridized carbons (Fsp3) is 1.00. The first-order valence-corrected chi connectivity index (χ1v) is 4.54. The lowest BCUT2D eigenvalue weighted by molar-refractivity contribution is -0.278. The van der Waals surface area contributed by atoms with Gasteiger partial charge < -0.3 is 5.11 Å². The molecular weight excluding hydrogens is 181 g/mol. The number of halogens is 3. The zero-order chi connectivity index (χ0) is 10.3. The van der Waals surface area contributed by atoms with Crippen LogP contribution in [0.2, 0.25) is 0 Å². The van der Waals surface area contributed by atoms with Crippen molar-refractivity contribution in [1.82, 2.24) is 0 Å². The van der Waals surface area contributed by atoms with Crippen molar-refractivity contribution in [2.45, 2.75) is 44.9 Å². The Hall–Kier alpha value is -0.250. The number of rotatable bonds is 0. The van der Waals surface area contributed by atoms with Gasteiger partial charge in [0.05, 0.1) is 0 Å². The Morgan fingerprint density at radius 1 is 1.15 bits per heavy atom. The van der Waals surface area contributed by atoms with Gasteiger partial charge in [-0.2, -0.15) is 13.2 Å². The van der Waals surface area contributed by atoms with Crippen molar-refractivity contribution in [1.29, 1.82) is 0 Å². The van der Waals surface area contributed by atoms with Crippen LogP contribution in [0.25, 0.3) is 0 Å². The van der Waals surface area contributed by atoms with Gasteiger partial charge in [-0.3, -0.25) is 0 Å². The van der Waals surface area contributed by atoms with E-state index in [-0.39, 0.29) is 24.7 Å². The van der Waals surface area contributed by atoms with Crippen molar-refractivity contribution in [2.75, 3.05) is 0 Å². The van der Waals surface area contributed by atoms with Gasteiger partial charge in [-0.15, -0.1) is 0 Å². The van der Waals surface area contributed by atoms with Gasteiger partial charge >= 0.3 is 6.18 Å². The van der Waals surface area contributed by atoms with Crippen molar-refractivity contribution in [3.63, 3.8) is 0 Å². The molecule has 1 nitrogen and oxygen atoms in total. The van der Waals surface area contributed by atoms with Gasteiger partial charge in [0.2, 0.25) is 0 Å². The second-order valence-electron chi connectivity index (χ2n) is 4.38. The normalized spacial score (nSPS) is 42.0. The van der Waals surface area contributed by atoms with Crippen molar-refractivity contribution in [3.8, 4) is 0 Å². The summed E-state index contributed by atoms with van der Waals surface area (Å²) in [5.41, 5.74) is -2.44. The Labute approximate surface area is 75.9 Å². The first kappa shape index (κ1) is 10.8. The highest BCUT2D eigenvalue weighted by Gasteiger charge is 2.55. The van der Waals surface area contributed by atoms with E-state index in [1.807, 2.05) is 0 Å². The summed E-state index contributed by atoms with van der Waals surface area (Å²) >= 11 is 0.